The standard InChI is InChI=1S/C19H22N6O4/c1-12-18(25(28)29)14(3)23(21-12)11-10-16(26)20-17-13(2)22(4)24(19(17)27)15-8-6-5-7-9-15/h5-9H,10-11H2,1-4H3,(H,20,26). The van der Waals surface area contributed by atoms with Crippen LogP contribution in [0.3, 0.4) is 0 Å². The molecular weight excluding hydrogens is 376 g/mol. The molecule has 1 amide bonds. The summed E-state index contributed by atoms with van der Waals surface area (Å²) < 4.78 is 4.60. The van der Waals surface area contributed by atoms with E-state index in [1.165, 1.54) is 9.36 Å². The van der Waals surface area contributed by atoms with Crippen LogP contribution in [0.15, 0.2) is 35.1 Å². The van der Waals surface area contributed by atoms with Crippen molar-refractivity contribution in [3.05, 3.63) is 67.9 Å². The SMILES string of the molecule is Cc1nn(CCC(=O)Nc2c(C)n(C)n(-c3ccccc3)c2=O)c(C)c1[N+](=O)[O-]. The number of para-hydroxylation sites is 1. The van der Waals surface area contributed by atoms with Gasteiger partial charge in [-0.15, -0.1) is 0 Å². The first-order valence-corrected chi connectivity index (χ1v) is 9.04. The molecule has 0 saturated carbocycles. The molecule has 0 aliphatic heterocycles. The van der Waals surface area contributed by atoms with Gasteiger partial charge in [0.15, 0.2) is 0 Å². The molecule has 3 aromatic rings. The zero-order chi connectivity index (χ0) is 21.3. The van der Waals surface area contributed by atoms with Gasteiger partial charge in [-0.3, -0.25) is 29.1 Å². The number of nitro groups is 1. The number of amides is 1. The summed E-state index contributed by atoms with van der Waals surface area (Å²) in [5.41, 5.74) is 1.84. The Hall–Kier alpha value is -3.69. The summed E-state index contributed by atoms with van der Waals surface area (Å²) in [5.74, 6) is -0.369. The smallest absolute Gasteiger partial charge is 0.312 e. The van der Waals surface area contributed by atoms with Gasteiger partial charge in [-0.1, -0.05) is 18.2 Å². The first-order chi connectivity index (χ1) is 13.7. The minimum absolute atomic E-state index is 0.0260. The van der Waals surface area contributed by atoms with E-state index in [1.54, 1.807) is 32.5 Å². The van der Waals surface area contributed by atoms with Crippen molar-refractivity contribution in [1.82, 2.24) is 19.1 Å². The molecule has 2 aromatic heterocycles. The van der Waals surface area contributed by atoms with Gasteiger partial charge in [-0.05, 0) is 32.9 Å². The lowest BCUT2D eigenvalue weighted by molar-refractivity contribution is -0.386. The van der Waals surface area contributed by atoms with Crippen LogP contribution in [0, 0.1) is 30.9 Å². The molecule has 152 valence electrons. The number of hydrogen-bond donors (Lipinski definition) is 1. The first kappa shape index (κ1) is 20.1. The Morgan fingerprint density at radius 3 is 2.41 bits per heavy atom. The van der Waals surface area contributed by atoms with Gasteiger partial charge in [0, 0.05) is 13.5 Å². The monoisotopic (exact) mass is 398 g/mol. The molecule has 2 heterocycles. The highest BCUT2D eigenvalue weighted by Gasteiger charge is 2.22. The van der Waals surface area contributed by atoms with Crippen molar-refractivity contribution in [2.75, 3.05) is 5.32 Å². The van der Waals surface area contributed by atoms with Gasteiger partial charge in [0.2, 0.25) is 5.91 Å². The molecule has 0 spiro atoms. The molecule has 1 N–H and O–H groups in total. The lowest BCUT2D eigenvalue weighted by atomic mass is 10.3. The fraction of sp³-hybridized carbons (Fsp3) is 0.316. The highest BCUT2D eigenvalue weighted by atomic mass is 16.6. The number of nitrogens with zero attached hydrogens (tertiary/aromatic N) is 5. The van der Waals surface area contributed by atoms with Gasteiger partial charge in [0.05, 0.1) is 22.8 Å². The van der Waals surface area contributed by atoms with Crippen LogP contribution >= 0.6 is 0 Å². The topological polar surface area (TPSA) is 117 Å². The summed E-state index contributed by atoms with van der Waals surface area (Å²) in [5, 5.41) is 17.9. The number of aromatic nitrogens is 4. The Morgan fingerprint density at radius 1 is 1.17 bits per heavy atom. The van der Waals surface area contributed by atoms with Crippen molar-refractivity contribution in [3.8, 4) is 5.69 Å². The summed E-state index contributed by atoms with van der Waals surface area (Å²) in [4.78, 5) is 35.9. The summed E-state index contributed by atoms with van der Waals surface area (Å²) in [6.07, 6.45) is 0.0260. The molecule has 0 fully saturated rings. The minimum atomic E-state index is -0.479. The fourth-order valence-electron chi connectivity index (χ4n) is 3.29. The summed E-state index contributed by atoms with van der Waals surface area (Å²) in [6, 6.07) is 9.13. The second kappa shape index (κ2) is 7.74. The zero-order valence-electron chi connectivity index (χ0n) is 16.7. The maximum absolute atomic E-state index is 12.8. The van der Waals surface area contributed by atoms with Crippen LogP contribution in [0.25, 0.3) is 5.69 Å². The minimum Gasteiger partial charge on any atom is -0.320 e. The third kappa shape index (κ3) is 3.68. The van der Waals surface area contributed by atoms with Crippen LogP contribution in [-0.2, 0) is 18.4 Å². The Labute approximate surface area is 166 Å². The molecule has 1 aromatic carbocycles. The fourth-order valence-corrected chi connectivity index (χ4v) is 3.29. The quantitative estimate of drug-likeness (QED) is 0.505. The molecule has 0 atom stereocenters. The van der Waals surface area contributed by atoms with Crippen LogP contribution in [-0.4, -0.2) is 30.0 Å². The van der Waals surface area contributed by atoms with Gasteiger partial charge in [-0.2, -0.15) is 5.10 Å². The summed E-state index contributed by atoms with van der Waals surface area (Å²) in [6.45, 7) is 5.07. The summed E-state index contributed by atoms with van der Waals surface area (Å²) >= 11 is 0. The van der Waals surface area contributed by atoms with E-state index in [1.807, 2.05) is 30.3 Å². The number of carbonyl (C=O) groups excluding carboxylic acids is 1. The van der Waals surface area contributed by atoms with E-state index in [0.29, 0.717) is 22.8 Å². The normalized spacial score (nSPS) is 10.9. The lowest BCUT2D eigenvalue weighted by Crippen LogP contribution is -2.23. The Kier molecular flexibility index (Phi) is 5.35. The highest BCUT2D eigenvalue weighted by molar-refractivity contribution is 5.91. The second-order valence-electron chi connectivity index (χ2n) is 6.73. The maximum atomic E-state index is 12.8. The predicted molar refractivity (Wildman–Crippen MR) is 107 cm³/mol. The lowest BCUT2D eigenvalue weighted by Gasteiger charge is -2.07. The van der Waals surface area contributed by atoms with Crippen molar-refractivity contribution in [2.45, 2.75) is 33.7 Å². The number of aryl methyl sites for hydroxylation is 2. The molecule has 0 aliphatic rings. The number of nitrogens with one attached hydrogen (secondary N) is 1. The molecule has 0 aliphatic carbocycles. The number of anilines is 1. The van der Waals surface area contributed by atoms with Gasteiger partial charge in [-0.25, -0.2) is 4.68 Å². The third-order valence-electron chi connectivity index (χ3n) is 4.90. The third-order valence-corrected chi connectivity index (χ3v) is 4.90. The van der Waals surface area contributed by atoms with Crippen LogP contribution in [0.4, 0.5) is 11.4 Å². The van der Waals surface area contributed by atoms with E-state index in [4.69, 9.17) is 0 Å². The molecule has 0 bridgehead atoms. The molecular formula is C19H22N6O4. The average Bonchev–Trinajstić information content (AvgIpc) is 3.08. The molecule has 10 heteroatoms. The Bertz CT molecular complexity index is 1140. The van der Waals surface area contributed by atoms with Crippen molar-refractivity contribution in [3.63, 3.8) is 0 Å². The molecule has 10 nitrogen and oxygen atoms in total. The molecule has 3 rings (SSSR count). The number of rotatable bonds is 6. The van der Waals surface area contributed by atoms with E-state index in [0.717, 1.165) is 0 Å². The van der Waals surface area contributed by atoms with Crippen LogP contribution < -0.4 is 10.9 Å². The number of benzene rings is 1. The van der Waals surface area contributed by atoms with Gasteiger partial charge >= 0.3 is 5.69 Å². The van der Waals surface area contributed by atoms with E-state index in [2.05, 4.69) is 10.4 Å². The van der Waals surface area contributed by atoms with E-state index in [9.17, 15) is 19.7 Å². The van der Waals surface area contributed by atoms with E-state index >= 15 is 0 Å². The number of hydrogen-bond acceptors (Lipinski definition) is 5. The van der Waals surface area contributed by atoms with E-state index < -0.39 is 4.92 Å². The van der Waals surface area contributed by atoms with Gasteiger partial charge < -0.3 is 5.32 Å². The molecule has 0 radical (unpaired) electrons. The first-order valence-electron chi connectivity index (χ1n) is 9.04. The molecule has 0 saturated heterocycles. The molecule has 29 heavy (non-hydrogen) atoms. The number of carbonyl (C=O) groups is 1. The predicted octanol–water partition coefficient (Wildman–Crippen LogP) is 2.23. The summed E-state index contributed by atoms with van der Waals surface area (Å²) in [7, 11) is 1.74. The van der Waals surface area contributed by atoms with E-state index in [-0.39, 0.29) is 35.8 Å². The van der Waals surface area contributed by atoms with Gasteiger partial charge in [0.1, 0.15) is 17.1 Å². The van der Waals surface area contributed by atoms with Crippen molar-refractivity contribution in [1.29, 1.82) is 0 Å². The largest absolute Gasteiger partial charge is 0.320 e. The van der Waals surface area contributed by atoms with Crippen molar-refractivity contribution < 1.29 is 9.72 Å². The Morgan fingerprint density at radius 2 is 1.83 bits per heavy atom. The molecule has 0 unspecified atom stereocenters. The van der Waals surface area contributed by atoms with Crippen LogP contribution in [0.2, 0.25) is 0 Å². The van der Waals surface area contributed by atoms with Crippen LogP contribution in [0.5, 0.6) is 0 Å². The highest BCUT2D eigenvalue weighted by Crippen LogP contribution is 2.22. The second-order valence-corrected chi connectivity index (χ2v) is 6.73. The van der Waals surface area contributed by atoms with Gasteiger partial charge in [0.25, 0.3) is 5.56 Å². The Balaban J connectivity index is 1.78. The average molecular weight is 398 g/mol. The maximum Gasteiger partial charge on any atom is 0.312 e. The van der Waals surface area contributed by atoms with Crippen molar-refractivity contribution in [2.24, 2.45) is 7.05 Å². The van der Waals surface area contributed by atoms with Crippen LogP contribution in [0.1, 0.15) is 23.5 Å². The van der Waals surface area contributed by atoms with Crippen molar-refractivity contribution >= 4 is 17.3 Å². The zero-order valence-corrected chi connectivity index (χ0v) is 16.7.